The summed E-state index contributed by atoms with van der Waals surface area (Å²) in [4.78, 5) is 2.28. The molecule has 18 heavy (non-hydrogen) atoms. The van der Waals surface area contributed by atoms with Crippen molar-refractivity contribution < 1.29 is 9.50 Å². The van der Waals surface area contributed by atoms with Crippen molar-refractivity contribution in [2.75, 3.05) is 20.1 Å². The third-order valence-electron chi connectivity index (χ3n) is 3.13. The predicted molar refractivity (Wildman–Crippen MR) is 72.2 cm³/mol. The van der Waals surface area contributed by atoms with Crippen LogP contribution in [0, 0.1) is 5.82 Å². The number of phenols is 1. The second-order valence-corrected chi connectivity index (χ2v) is 4.85. The molecule has 2 N–H and O–H groups in total. The number of para-hydroxylation sites is 1. The summed E-state index contributed by atoms with van der Waals surface area (Å²) in [5, 5.41) is 12.7. The van der Waals surface area contributed by atoms with Crippen molar-refractivity contribution in [2.24, 2.45) is 0 Å². The number of nitrogens with one attached hydrogen (secondary N) is 1. The number of phenolic OH excluding ortho intramolecular Hbond substituents is 1. The maximum Gasteiger partial charge on any atom is 0.165 e. The molecule has 1 aromatic rings. The SMILES string of the molecule is CC(C)N(C)CCCNCc1cccc(F)c1O. The average Bonchev–Trinajstić information content (AvgIpc) is 2.33. The zero-order valence-corrected chi connectivity index (χ0v) is 11.4. The fraction of sp³-hybridized carbons (Fsp3) is 0.571. The summed E-state index contributed by atoms with van der Waals surface area (Å²) in [5.41, 5.74) is 0.604. The van der Waals surface area contributed by atoms with Gasteiger partial charge in [-0.2, -0.15) is 0 Å². The molecule has 0 fully saturated rings. The van der Waals surface area contributed by atoms with Crippen LogP contribution in [0.2, 0.25) is 0 Å². The van der Waals surface area contributed by atoms with Crippen molar-refractivity contribution in [1.29, 1.82) is 0 Å². The first kappa shape index (κ1) is 14.9. The number of hydrogen-bond donors (Lipinski definition) is 2. The van der Waals surface area contributed by atoms with Gasteiger partial charge in [-0.05, 0) is 46.5 Å². The second-order valence-electron chi connectivity index (χ2n) is 4.85. The molecule has 0 saturated carbocycles. The molecule has 3 nitrogen and oxygen atoms in total. The number of hydrogen-bond acceptors (Lipinski definition) is 3. The van der Waals surface area contributed by atoms with E-state index in [4.69, 9.17) is 0 Å². The summed E-state index contributed by atoms with van der Waals surface area (Å²) in [6.07, 6.45) is 1.03. The summed E-state index contributed by atoms with van der Waals surface area (Å²) in [7, 11) is 2.10. The zero-order valence-electron chi connectivity index (χ0n) is 11.4. The quantitative estimate of drug-likeness (QED) is 0.733. The summed E-state index contributed by atoms with van der Waals surface area (Å²) in [6, 6.07) is 5.15. The summed E-state index contributed by atoms with van der Waals surface area (Å²) in [6.45, 7) is 6.71. The van der Waals surface area contributed by atoms with Gasteiger partial charge in [0.15, 0.2) is 11.6 Å². The number of nitrogens with zero attached hydrogens (tertiary/aromatic N) is 1. The minimum atomic E-state index is -0.561. The monoisotopic (exact) mass is 254 g/mol. The molecule has 0 heterocycles. The Morgan fingerprint density at radius 2 is 2.11 bits per heavy atom. The van der Waals surface area contributed by atoms with Crippen LogP contribution in [0.25, 0.3) is 0 Å². The van der Waals surface area contributed by atoms with Crippen LogP contribution in [0.1, 0.15) is 25.8 Å². The maximum atomic E-state index is 13.1. The minimum Gasteiger partial charge on any atom is -0.505 e. The molecule has 0 aliphatic heterocycles. The van der Waals surface area contributed by atoms with Crippen LogP contribution in [-0.4, -0.2) is 36.2 Å². The molecule has 102 valence electrons. The smallest absolute Gasteiger partial charge is 0.165 e. The van der Waals surface area contributed by atoms with Crippen molar-refractivity contribution in [1.82, 2.24) is 10.2 Å². The van der Waals surface area contributed by atoms with E-state index < -0.39 is 5.82 Å². The van der Waals surface area contributed by atoms with Gasteiger partial charge >= 0.3 is 0 Å². The largest absolute Gasteiger partial charge is 0.505 e. The van der Waals surface area contributed by atoms with Crippen LogP contribution < -0.4 is 5.32 Å². The molecule has 0 atom stereocenters. The van der Waals surface area contributed by atoms with Crippen molar-refractivity contribution in [3.8, 4) is 5.75 Å². The van der Waals surface area contributed by atoms with E-state index in [-0.39, 0.29) is 5.75 Å². The predicted octanol–water partition coefficient (Wildman–Crippen LogP) is 2.35. The van der Waals surface area contributed by atoms with E-state index in [1.165, 1.54) is 6.07 Å². The third kappa shape index (κ3) is 4.63. The molecule has 0 aliphatic rings. The molecule has 1 rings (SSSR count). The fourth-order valence-electron chi connectivity index (χ4n) is 1.64. The molecule has 0 aromatic heterocycles. The number of halogens is 1. The van der Waals surface area contributed by atoms with Gasteiger partial charge in [-0.15, -0.1) is 0 Å². The van der Waals surface area contributed by atoms with E-state index in [1.807, 2.05) is 0 Å². The van der Waals surface area contributed by atoms with E-state index >= 15 is 0 Å². The summed E-state index contributed by atoms with van der Waals surface area (Å²) >= 11 is 0. The number of rotatable bonds is 7. The van der Waals surface area contributed by atoms with Crippen LogP contribution >= 0.6 is 0 Å². The number of aromatic hydroxyl groups is 1. The molecule has 0 bridgehead atoms. The third-order valence-corrected chi connectivity index (χ3v) is 3.13. The first-order valence-electron chi connectivity index (χ1n) is 6.39. The van der Waals surface area contributed by atoms with Crippen LogP contribution in [0.5, 0.6) is 5.75 Å². The van der Waals surface area contributed by atoms with E-state index in [0.717, 1.165) is 19.5 Å². The van der Waals surface area contributed by atoms with Gasteiger partial charge in [0.1, 0.15) is 0 Å². The first-order chi connectivity index (χ1) is 8.52. The molecule has 0 saturated heterocycles. The first-order valence-corrected chi connectivity index (χ1v) is 6.39. The summed E-state index contributed by atoms with van der Waals surface area (Å²) in [5.74, 6) is -0.807. The Morgan fingerprint density at radius 3 is 2.78 bits per heavy atom. The normalized spacial score (nSPS) is 11.4. The van der Waals surface area contributed by atoms with Gasteiger partial charge in [-0.25, -0.2) is 4.39 Å². The van der Waals surface area contributed by atoms with E-state index in [9.17, 15) is 9.50 Å². The molecular formula is C14H23FN2O. The Morgan fingerprint density at radius 1 is 1.39 bits per heavy atom. The lowest BCUT2D eigenvalue weighted by atomic mass is 10.2. The van der Waals surface area contributed by atoms with Gasteiger partial charge in [-0.1, -0.05) is 12.1 Å². The molecule has 0 spiro atoms. The Labute approximate surface area is 109 Å². The standard InChI is InChI=1S/C14H23FN2O/c1-11(2)17(3)9-5-8-16-10-12-6-4-7-13(15)14(12)18/h4,6-7,11,16,18H,5,8-10H2,1-3H3. The van der Waals surface area contributed by atoms with Gasteiger partial charge in [-0.3, -0.25) is 0 Å². The van der Waals surface area contributed by atoms with Gasteiger partial charge < -0.3 is 15.3 Å². The Hall–Kier alpha value is -1.13. The lowest BCUT2D eigenvalue weighted by Gasteiger charge is -2.20. The highest BCUT2D eigenvalue weighted by atomic mass is 19.1. The van der Waals surface area contributed by atoms with Crippen molar-refractivity contribution >= 4 is 0 Å². The van der Waals surface area contributed by atoms with E-state index in [1.54, 1.807) is 12.1 Å². The van der Waals surface area contributed by atoms with E-state index in [0.29, 0.717) is 18.2 Å². The van der Waals surface area contributed by atoms with Crippen LogP contribution in [0.4, 0.5) is 4.39 Å². The highest BCUT2D eigenvalue weighted by molar-refractivity contribution is 5.33. The molecule has 4 heteroatoms. The van der Waals surface area contributed by atoms with Crippen LogP contribution in [0.15, 0.2) is 18.2 Å². The molecule has 0 radical (unpaired) electrons. The second kappa shape index (κ2) is 7.34. The lowest BCUT2D eigenvalue weighted by Crippen LogP contribution is -2.29. The molecule has 0 unspecified atom stereocenters. The van der Waals surface area contributed by atoms with E-state index in [2.05, 4.69) is 31.1 Å². The topological polar surface area (TPSA) is 35.5 Å². The maximum absolute atomic E-state index is 13.1. The van der Waals surface area contributed by atoms with Gasteiger partial charge in [0.25, 0.3) is 0 Å². The fourth-order valence-corrected chi connectivity index (χ4v) is 1.64. The van der Waals surface area contributed by atoms with Gasteiger partial charge in [0, 0.05) is 18.2 Å². The molecule has 1 aromatic carbocycles. The minimum absolute atomic E-state index is 0.246. The van der Waals surface area contributed by atoms with Crippen molar-refractivity contribution in [3.05, 3.63) is 29.6 Å². The Kier molecular flexibility index (Phi) is 6.09. The summed E-state index contributed by atoms with van der Waals surface area (Å²) < 4.78 is 13.1. The Balaban J connectivity index is 2.24. The highest BCUT2D eigenvalue weighted by Crippen LogP contribution is 2.20. The average molecular weight is 254 g/mol. The van der Waals surface area contributed by atoms with Gasteiger partial charge in [0.2, 0.25) is 0 Å². The van der Waals surface area contributed by atoms with Crippen molar-refractivity contribution in [3.63, 3.8) is 0 Å². The molecule has 0 aliphatic carbocycles. The lowest BCUT2D eigenvalue weighted by molar-refractivity contribution is 0.269. The van der Waals surface area contributed by atoms with Crippen molar-refractivity contribution in [2.45, 2.75) is 32.9 Å². The Bertz CT molecular complexity index is 369. The zero-order chi connectivity index (χ0) is 13.5. The van der Waals surface area contributed by atoms with Crippen LogP contribution in [-0.2, 0) is 6.54 Å². The molecule has 0 amide bonds. The van der Waals surface area contributed by atoms with Crippen LogP contribution in [0.3, 0.4) is 0 Å². The highest BCUT2D eigenvalue weighted by Gasteiger charge is 2.06. The molecular weight excluding hydrogens is 231 g/mol. The van der Waals surface area contributed by atoms with Gasteiger partial charge in [0.05, 0.1) is 0 Å². The number of benzene rings is 1.